The molecule has 0 saturated heterocycles. The summed E-state index contributed by atoms with van der Waals surface area (Å²) >= 11 is 0. The van der Waals surface area contributed by atoms with E-state index in [0.29, 0.717) is 29.4 Å². The zero-order chi connectivity index (χ0) is 11.0. The van der Waals surface area contributed by atoms with Gasteiger partial charge in [-0.15, -0.1) is 0 Å². The predicted octanol–water partition coefficient (Wildman–Crippen LogP) is 1.16. The van der Waals surface area contributed by atoms with E-state index in [-0.39, 0.29) is 0 Å². The van der Waals surface area contributed by atoms with Crippen LogP contribution in [0.3, 0.4) is 0 Å². The van der Waals surface area contributed by atoms with E-state index in [1.165, 1.54) is 12.1 Å². The monoisotopic (exact) mass is 195 g/mol. The number of anilines is 1. The zero-order valence-electron chi connectivity index (χ0n) is 8.19. The van der Waals surface area contributed by atoms with Crippen LogP contribution in [-0.2, 0) is 4.74 Å². The Hall–Kier alpha value is -1.68. The van der Waals surface area contributed by atoms with Crippen molar-refractivity contribution < 1.29 is 14.3 Å². The molecule has 0 atom stereocenters. The molecule has 0 unspecified atom stereocenters. The van der Waals surface area contributed by atoms with Crippen LogP contribution in [0.15, 0.2) is 18.2 Å². The zero-order valence-corrected chi connectivity index (χ0v) is 8.19. The highest BCUT2D eigenvalue weighted by Crippen LogP contribution is 2.09. The number of hydrogen-bond acceptors (Lipinski definition) is 4. The SMILES string of the molecule is COC.Nc1ccc(C=O)cc1C=O. The number of rotatable bonds is 2. The lowest BCUT2D eigenvalue weighted by atomic mass is 10.1. The summed E-state index contributed by atoms with van der Waals surface area (Å²) in [6, 6.07) is 4.55. The van der Waals surface area contributed by atoms with Crippen LogP contribution in [0.25, 0.3) is 0 Å². The predicted molar refractivity (Wildman–Crippen MR) is 54.6 cm³/mol. The molecule has 0 radical (unpaired) electrons. The van der Waals surface area contributed by atoms with Crippen molar-refractivity contribution >= 4 is 18.3 Å². The number of benzene rings is 1. The van der Waals surface area contributed by atoms with E-state index in [4.69, 9.17) is 5.73 Å². The van der Waals surface area contributed by atoms with Crippen molar-refractivity contribution in [3.05, 3.63) is 29.3 Å². The lowest BCUT2D eigenvalue weighted by molar-refractivity contribution is 0.112. The summed E-state index contributed by atoms with van der Waals surface area (Å²) in [7, 11) is 3.25. The minimum absolute atomic E-state index is 0.356. The molecule has 0 aliphatic rings. The van der Waals surface area contributed by atoms with Crippen LogP contribution in [-0.4, -0.2) is 26.8 Å². The molecule has 0 amide bonds. The van der Waals surface area contributed by atoms with Crippen LogP contribution >= 0.6 is 0 Å². The van der Waals surface area contributed by atoms with Crippen LogP contribution in [0, 0.1) is 0 Å². The first-order valence-corrected chi connectivity index (χ1v) is 3.89. The first-order chi connectivity index (χ1) is 6.69. The molecule has 1 rings (SSSR count). The third-order valence-electron chi connectivity index (χ3n) is 1.37. The molecule has 0 aliphatic heterocycles. The van der Waals surface area contributed by atoms with Gasteiger partial charge in [0.05, 0.1) is 0 Å². The van der Waals surface area contributed by atoms with Gasteiger partial charge in [-0.05, 0) is 18.2 Å². The highest BCUT2D eigenvalue weighted by molar-refractivity contribution is 5.87. The number of ether oxygens (including phenoxy) is 1. The van der Waals surface area contributed by atoms with Crippen molar-refractivity contribution in [2.24, 2.45) is 0 Å². The van der Waals surface area contributed by atoms with Crippen LogP contribution in [0.4, 0.5) is 5.69 Å². The van der Waals surface area contributed by atoms with E-state index < -0.39 is 0 Å². The first-order valence-electron chi connectivity index (χ1n) is 3.89. The Balaban J connectivity index is 0.000000500. The van der Waals surface area contributed by atoms with Crippen LogP contribution < -0.4 is 5.73 Å². The fraction of sp³-hybridized carbons (Fsp3) is 0.200. The van der Waals surface area contributed by atoms with Gasteiger partial charge in [-0.3, -0.25) is 9.59 Å². The third kappa shape index (κ3) is 3.82. The number of aldehydes is 2. The maximum Gasteiger partial charge on any atom is 0.152 e. The summed E-state index contributed by atoms with van der Waals surface area (Å²) in [5.74, 6) is 0. The minimum atomic E-state index is 0.356. The maximum atomic E-state index is 10.3. The largest absolute Gasteiger partial charge is 0.398 e. The molecule has 0 spiro atoms. The van der Waals surface area contributed by atoms with Crippen molar-refractivity contribution in [1.29, 1.82) is 0 Å². The summed E-state index contributed by atoms with van der Waals surface area (Å²) in [4.78, 5) is 20.5. The van der Waals surface area contributed by atoms with Gasteiger partial charge in [-0.25, -0.2) is 0 Å². The van der Waals surface area contributed by atoms with Gasteiger partial charge in [0.2, 0.25) is 0 Å². The lowest BCUT2D eigenvalue weighted by Crippen LogP contribution is -1.93. The number of nitrogen functional groups attached to an aromatic ring is 1. The Bertz CT molecular complexity index is 310. The van der Waals surface area contributed by atoms with Crippen LogP contribution in [0.5, 0.6) is 0 Å². The summed E-state index contributed by atoms with van der Waals surface area (Å²) in [6.07, 6.45) is 1.30. The highest BCUT2D eigenvalue weighted by atomic mass is 16.4. The molecule has 4 nitrogen and oxygen atoms in total. The van der Waals surface area contributed by atoms with Gasteiger partial charge in [0, 0.05) is 31.0 Å². The molecule has 76 valence electrons. The highest BCUT2D eigenvalue weighted by Gasteiger charge is 1.97. The summed E-state index contributed by atoms with van der Waals surface area (Å²) in [5.41, 5.74) is 6.62. The van der Waals surface area contributed by atoms with Crippen molar-refractivity contribution in [3.8, 4) is 0 Å². The molecule has 2 N–H and O–H groups in total. The summed E-state index contributed by atoms with van der Waals surface area (Å²) in [6.45, 7) is 0. The minimum Gasteiger partial charge on any atom is -0.398 e. The summed E-state index contributed by atoms with van der Waals surface area (Å²) < 4.78 is 4.25. The molecule has 14 heavy (non-hydrogen) atoms. The molecule has 0 heterocycles. The molecule has 0 fully saturated rings. The van der Waals surface area contributed by atoms with Gasteiger partial charge in [0.15, 0.2) is 6.29 Å². The Morgan fingerprint density at radius 3 is 2.21 bits per heavy atom. The molecular formula is C10H13NO3. The second-order valence-electron chi connectivity index (χ2n) is 2.53. The van der Waals surface area contributed by atoms with Crippen molar-refractivity contribution in [1.82, 2.24) is 0 Å². The van der Waals surface area contributed by atoms with Gasteiger partial charge in [0.25, 0.3) is 0 Å². The lowest BCUT2D eigenvalue weighted by Gasteiger charge is -1.96. The average molecular weight is 195 g/mol. The smallest absolute Gasteiger partial charge is 0.152 e. The fourth-order valence-corrected chi connectivity index (χ4v) is 0.769. The van der Waals surface area contributed by atoms with Crippen molar-refractivity contribution in [3.63, 3.8) is 0 Å². The van der Waals surface area contributed by atoms with E-state index in [1.807, 2.05) is 0 Å². The maximum absolute atomic E-state index is 10.3. The van der Waals surface area contributed by atoms with Crippen molar-refractivity contribution in [2.45, 2.75) is 0 Å². The van der Waals surface area contributed by atoms with Crippen LogP contribution in [0.1, 0.15) is 20.7 Å². The van der Waals surface area contributed by atoms with E-state index in [9.17, 15) is 9.59 Å². The molecular weight excluding hydrogens is 182 g/mol. The molecule has 0 aliphatic carbocycles. The van der Waals surface area contributed by atoms with Gasteiger partial charge < -0.3 is 10.5 Å². The first kappa shape index (κ1) is 12.3. The molecule has 0 saturated carbocycles. The van der Waals surface area contributed by atoms with Gasteiger partial charge in [-0.2, -0.15) is 0 Å². The Kier molecular flexibility index (Phi) is 5.98. The molecule has 1 aromatic carbocycles. The van der Waals surface area contributed by atoms with Gasteiger partial charge >= 0.3 is 0 Å². The number of nitrogens with two attached hydrogens (primary N) is 1. The Morgan fingerprint density at radius 1 is 1.21 bits per heavy atom. The number of methoxy groups -OCH3 is 1. The van der Waals surface area contributed by atoms with E-state index in [0.717, 1.165) is 0 Å². The topological polar surface area (TPSA) is 69.4 Å². The Morgan fingerprint density at radius 2 is 1.79 bits per heavy atom. The molecule has 0 bridgehead atoms. The molecule has 4 heteroatoms. The van der Waals surface area contributed by atoms with Gasteiger partial charge in [-0.1, -0.05) is 0 Å². The fourth-order valence-electron chi connectivity index (χ4n) is 0.769. The van der Waals surface area contributed by atoms with Gasteiger partial charge in [0.1, 0.15) is 6.29 Å². The van der Waals surface area contributed by atoms with E-state index in [1.54, 1.807) is 20.3 Å². The van der Waals surface area contributed by atoms with E-state index in [2.05, 4.69) is 4.74 Å². The second-order valence-corrected chi connectivity index (χ2v) is 2.53. The summed E-state index contributed by atoms with van der Waals surface area (Å²) in [5, 5.41) is 0. The molecule has 1 aromatic rings. The second kappa shape index (κ2) is 6.80. The van der Waals surface area contributed by atoms with Crippen LogP contribution in [0.2, 0.25) is 0 Å². The van der Waals surface area contributed by atoms with Crippen molar-refractivity contribution in [2.75, 3.05) is 20.0 Å². The Labute approximate surface area is 82.7 Å². The normalized spacial score (nSPS) is 8.43. The number of carbonyl (C=O) groups is 2. The molecule has 0 aromatic heterocycles. The quantitative estimate of drug-likeness (QED) is 0.567. The number of hydrogen-bond donors (Lipinski definition) is 1. The third-order valence-corrected chi connectivity index (χ3v) is 1.37. The average Bonchev–Trinajstić information content (AvgIpc) is 2.20. The standard InChI is InChI=1S/C8H7NO2.C2H6O/c9-8-2-1-6(4-10)3-7(8)5-11;1-3-2/h1-5H,9H2;1-2H3. The van der Waals surface area contributed by atoms with E-state index >= 15 is 0 Å². The number of carbonyl (C=O) groups excluding carboxylic acids is 2.